The van der Waals surface area contributed by atoms with Crippen molar-refractivity contribution in [2.24, 2.45) is 5.92 Å². The summed E-state index contributed by atoms with van der Waals surface area (Å²) >= 11 is 1.64. The van der Waals surface area contributed by atoms with Crippen LogP contribution in [0.4, 0.5) is 0 Å². The van der Waals surface area contributed by atoms with Gasteiger partial charge in [0.05, 0.1) is 11.6 Å². The van der Waals surface area contributed by atoms with Crippen molar-refractivity contribution in [3.05, 3.63) is 56.5 Å². The van der Waals surface area contributed by atoms with E-state index >= 15 is 0 Å². The molecule has 3 nitrogen and oxygen atoms in total. The first kappa shape index (κ1) is 17.8. The van der Waals surface area contributed by atoms with Gasteiger partial charge in [-0.1, -0.05) is 25.6 Å². The van der Waals surface area contributed by atoms with Crippen LogP contribution in [-0.2, 0) is 6.42 Å². The van der Waals surface area contributed by atoms with E-state index in [0.717, 1.165) is 39.0 Å². The average molecular weight is 353 g/mol. The fraction of sp³-hybridized carbons (Fsp3) is 0.429. The highest BCUT2D eigenvalue weighted by Crippen LogP contribution is 2.41. The molecule has 1 saturated carbocycles. The Kier molecular flexibility index (Phi) is 5.06. The topological polar surface area (TPSA) is 56.6 Å². The number of aromatic nitrogens is 1. The molecule has 0 bridgehead atoms. The minimum absolute atomic E-state index is 0.0164. The second kappa shape index (κ2) is 7.09. The van der Waals surface area contributed by atoms with Gasteiger partial charge in [-0.25, -0.2) is 0 Å². The molecule has 0 amide bonds. The van der Waals surface area contributed by atoms with Gasteiger partial charge in [-0.2, -0.15) is 5.26 Å². The van der Waals surface area contributed by atoms with Crippen LogP contribution in [0.5, 0.6) is 0 Å². The SMILES string of the molecule is Cc1cc(C#N)cc(Sc2c(CC3CC3)c(C)[nH]c(=O)c2C(C)C)c1. The van der Waals surface area contributed by atoms with Gasteiger partial charge >= 0.3 is 0 Å². The Morgan fingerprint density at radius 2 is 2.00 bits per heavy atom. The Morgan fingerprint density at radius 3 is 2.60 bits per heavy atom. The molecule has 0 aliphatic heterocycles. The highest BCUT2D eigenvalue weighted by atomic mass is 32.2. The van der Waals surface area contributed by atoms with E-state index < -0.39 is 0 Å². The number of rotatable bonds is 5. The summed E-state index contributed by atoms with van der Waals surface area (Å²) in [5, 5.41) is 9.25. The minimum Gasteiger partial charge on any atom is -0.326 e. The predicted molar refractivity (Wildman–Crippen MR) is 102 cm³/mol. The molecule has 2 aromatic rings. The summed E-state index contributed by atoms with van der Waals surface area (Å²) in [7, 11) is 0. The Balaban J connectivity index is 2.13. The normalized spacial score (nSPS) is 13.9. The lowest BCUT2D eigenvalue weighted by atomic mass is 9.99. The Hall–Kier alpha value is -1.99. The van der Waals surface area contributed by atoms with Crippen LogP contribution < -0.4 is 5.56 Å². The number of benzene rings is 1. The van der Waals surface area contributed by atoms with Crippen LogP contribution in [0.1, 0.15) is 60.6 Å². The lowest BCUT2D eigenvalue weighted by molar-refractivity contribution is 0.755. The molecule has 1 N–H and O–H groups in total. The van der Waals surface area contributed by atoms with Crippen molar-refractivity contribution in [1.29, 1.82) is 5.26 Å². The molecule has 0 unspecified atom stereocenters. The van der Waals surface area contributed by atoms with Gasteiger partial charge in [-0.05, 0) is 74.3 Å². The summed E-state index contributed by atoms with van der Waals surface area (Å²) in [5.74, 6) is 0.904. The van der Waals surface area contributed by atoms with Crippen LogP contribution in [0, 0.1) is 31.1 Å². The molecule has 1 aromatic carbocycles. The number of hydrogen-bond donors (Lipinski definition) is 1. The largest absolute Gasteiger partial charge is 0.326 e. The van der Waals surface area contributed by atoms with Crippen molar-refractivity contribution in [2.75, 3.05) is 0 Å². The summed E-state index contributed by atoms with van der Waals surface area (Å²) in [4.78, 5) is 17.8. The highest BCUT2D eigenvalue weighted by molar-refractivity contribution is 7.99. The number of nitrogens with zero attached hydrogens (tertiary/aromatic N) is 1. The average Bonchev–Trinajstić information content (AvgIpc) is 3.34. The fourth-order valence-electron chi connectivity index (χ4n) is 3.24. The molecule has 0 radical (unpaired) electrons. The summed E-state index contributed by atoms with van der Waals surface area (Å²) in [6, 6.07) is 8.13. The van der Waals surface area contributed by atoms with E-state index in [4.69, 9.17) is 0 Å². The lowest BCUT2D eigenvalue weighted by Gasteiger charge is -2.18. The summed E-state index contributed by atoms with van der Waals surface area (Å²) in [6.07, 6.45) is 3.59. The smallest absolute Gasteiger partial charge is 0.252 e. The summed E-state index contributed by atoms with van der Waals surface area (Å²) < 4.78 is 0. The van der Waals surface area contributed by atoms with Gasteiger partial charge in [0, 0.05) is 21.0 Å². The molecule has 1 aliphatic carbocycles. The molecular weight excluding hydrogens is 328 g/mol. The van der Waals surface area contributed by atoms with Crippen LogP contribution in [0.3, 0.4) is 0 Å². The Morgan fingerprint density at radius 1 is 1.28 bits per heavy atom. The second-order valence-corrected chi connectivity index (χ2v) is 8.44. The Labute approximate surface area is 153 Å². The number of aryl methyl sites for hydroxylation is 2. The number of aromatic amines is 1. The van der Waals surface area contributed by atoms with Gasteiger partial charge in [-0.3, -0.25) is 4.79 Å². The van der Waals surface area contributed by atoms with Crippen LogP contribution in [-0.4, -0.2) is 4.98 Å². The maximum Gasteiger partial charge on any atom is 0.252 e. The third-order valence-corrected chi connectivity index (χ3v) is 5.83. The zero-order valence-electron chi connectivity index (χ0n) is 15.3. The molecule has 1 aromatic heterocycles. The fourth-order valence-corrected chi connectivity index (χ4v) is 4.70. The Bertz CT molecular complexity index is 901. The van der Waals surface area contributed by atoms with Gasteiger partial charge < -0.3 is 4.98 Å². The number of H-pyrrole nitrogens is 1. The van der Waals surface area contributed by atoms with Crippen molar-refractivity contribution in [3.63, 3.8) is 0 Å². The quantitative estimate of drug-likeness (QED) is 0.815. The van der Waals surface area contributed by atoms with Gasteiger partial charge in [0.25, 0.3) is 5.56 Å². The number of nitriles is 1. The van der Waals surface area contributed by atoms with E-state index in [1.807, 2.05) is 26.0 Å². The van der Waals surface area contributed by atoms with E-state index in [1.165, 1.54) is 18.4 Å². The standard InChI is InChI=1S/C21H24N2OS/c1-12(2)19-20(25-17-8-13(3)7-16(9-17)11-22)18(10-15-5-6-15)14(4)23-21(19)24/h7-9,12,15H,5-6,10H2,1-4H3,(H,23,24). The zero-order chi connectivity index (χ0) is 18.1. The maximum atomic E-state index is 12.6. The van der Waals surface area contributed by atoms with E-state index in [2.05, 4.69) is 31.0 Å². The van der Waals surface area contributed by atoms with Crippen molar-refractivity contribution >= 4 is 11.8 Å². The van der Waals surface area contributed by atoms with E-state index in [1.54, 1.807) is 11.8 Å². The number of nitrogens with one attached hydrogen (secondary N) is 1. The van der Waals surface area contributed by atoms with Crippen molar-refractivity contribution in [3.8, 4) is 6.07 Å². The molecule has 130 valence electrons. The first-order chi connectivity index (χ1) is 11.9. The van der Waals surface area contributed by atoms with Gasteiger partial charge in [0.15, 0.2) is 0 Å². The number of hydrogen-bond acceptors (Lipinski definition) is 3. The highest BCUT2D eigenvalue weighted by Gasteiger charge is 2.26. The third kappa shape index (κ3) is 3.99. The molecule has 3 rings (SSSR count). The molecule has 4 heteroatoms. The molecule has 1 aliphatic rings. The molecule has 25 heavy (non-hydrogen) atoms. The van der Waals surface area contributed by atoms with Crippen LogP contribution in [0.25, 0.3) is 0 Å². The zero-order valence-corrected chi connectivity index (χ0v) is 16.1. The van der Waals surface area contributed by atoms with Crippen molar-refractivity contribution in [2.45, 2.75) is 62.7 Å². The lowest BCUT2D eigenvalue weighted by Crippen LogP contribution is -2.19. The van der Waals surface area contributed by atoms with Gasteiger partial charge in [0.2, 0.25) is 0 Å². The number of pyridine rings is 1. The summed E-state index contributed by atoms with van der Waals surface area (Å²) in [5.41, 5.74) is 4.87. The predicted octanol–water partition coefficient (Wildman–Crippen LogP) is 5.09. The summed E-state index contributed by atoms with van der Waals surface area (Å²) in [6.45, 7) is 8.15. The van der Waals surface area contributed by atoms with Crippen LogP contribution in [0.2, 0.25) is 0 Å². The molecule has 1 heterocycles. The molecule has 0 atom stereocenters. The maximum absolute atomic E-state index is 12.6. The van der Waals surface area contributed by atoms with Gasteiger partial charge in [-0.15, -0.1) is 0 Å². The van der Waals surface area contributed by atoms with Crippen molar-refractivity contribution < 1.29 is 0 Å². The van der Waals surface area contributed by atoms with Crippen molar-refractivity contribution in [1.82, 2.24) is 4.98 Å². The first-order valence-electron chi connectivity index (χ1n) is 8.84. The third-order valence-electron chi connectivity index (χ3n) is 4.68. The van der Waals surface area contributed by atoms with E-state index in [9.17, 15) is 10.1 Å². The van der Waals surface area contributed by atoms with Crippen LogP contribution in [0.15, 0.2) is 32.8 Å². The second-order valence-electron chi connectivity index (χ2n) is 7.35. The first-order valence-corrected chi connectivity index (χ1v) is 9.66. The van der Waals surface area contributed by atoms with Crippen LogP contribution >= 0.6 is 11.8 Å². The minimum atomic E-state index is 0.0164. The monoisotopic (exact) mass is 352 g/mol. The van der Waals surface area contributed by atoms with Gasteiger partial charge in [0.1, 0.15) is 0 Å². The molecule has 0 spiro atoms. The molecule has 1 fully saturated rings. The van der Waals surface area contributed by atoms with E-state index in [-0.39, 0.29) is 11.5 Å². The molecular formula is C21H24N2OS. The molecule has 0 saturated heterocycles. The van der Waals surface area contributed by atoms with E-state index in [0.29, 0.717) is 5.56 Å².